The van der Waals surface area contributed by atoms with Gasteiger partial charge in [-0.05, 0) is 31.7 Å². The minimum atomic E-state index is -3.94. The Hall–Kier alpha value is -2.30. The van der Waals surface area contributed by atoms with E-state index in [4.69, 9.17) is 9.47 Å². The minimum Gasteiger partial charge on any atom is -0.376 e. The van der Waals surface area contributed by atoms with Crippen molar-refractivity contribution in [1.29, 1.82) is 0 Å². The lowest BCUT2D eigenvalue weighted by molar-refractivity contribution is -0.131. The molecule has 10 heteroatoms. The molecule has 1 aromatic heterocycles. The van der Waals surface area contributed by atoms with Crippen LogP contribution in [-0.2, 0) is 42.9 Å². The number of hydrogen-bond acceptors (Lipinski definition) is 6. The third kappa shape index (κ3) is 5.80. The van der Waals surface area contributed by atoms with E-state index in [1.165, 1.54) is 31.3 Å². The molecule has 180 valence electrons. The average molecular weight is 480 g/mol. The molecule has 2 aliphatic rings. The van der Waals surface area contributed by atoms with Gasteiger partial charge in [-0.3, -0.25) is 4.79 Å². The van der Waals surface area contributed by atoms with Crippen LogP contribution in [0.15, 0.2) is 35.6 Å². The summed E-state index contributed by atoms with van der Waals surface area (Å²) in [6, 6.07) is 5.82. The molecule has 0 aliphatic carbocycles. The normalized spacial score (nSPS) is 20.9. The summed E-state index contributed by atoms with van der Waals surface area (Å²) in [5.74, 6) is -1.18. The number of sulfone groups is 1. The van der Waals surface area contributed by atoms with Gasteiger partial charge in [-0.2, -0.15) is 0 Å². The number of carbonyl (C=O) groups excluding carboxylic acids is 1. The maximum atomic E-state index is 14.2. The van der Waals surface area contributed by atoms with Gasteiger partial charge in [0.05, 0.1) is 42.9 Å². The molecule has 0 N–H and O–H groups in total. The first-order chi connectivity index (χ1) is 15.8. The fourth-order valence-corrected chi connectivity index (χ4v) is 5.89. The third-order valence-electron chi connectivity index (χ3n) is 6.14. The van der Waals surface area contributed by atoms with Crippen molar-refractivity contribution in [2.24, 2.45) is 0 Å². The van der Waals surface area contributed by atoms with E-state index in [-0.39, 0.29) is 35.4 Å². The van der Waals surface area contributed by atoms with Gasteiger partial charge >= 0.3 is 0 Å². The van der Waals surface area contributed by atoms with Crippen molar-refractivity contribution >= 4 is 15.7 Å². The van der Waals surface area contributed by atoms with E-state index in [1.54, 1.807) is 15.5 Å². The van der Waals surface area contributed by atoms with E-state index in [2.05, 4.69) is 4.98 Å². The molecule has 2 atom stereocenters. The first-order valence-electron chi connectivity index (χ1n) is 11.3. The number of imidazole rings is 1. The van der Waals surface area contributed by atoms with Crippen LogP contribution in [0.4, 0.5) is 4.39 Å². The Kier molecular flexibility index (Phi) is 7.45. The van der Waals surface area contributed by atoms with Crippen molar-refractivity contribution < 1.29 is 27.1 Å². The topological polar surface area (TPSA) is 90.7 Å². The zero-order valence-electron chi connectivity index (χ0n) is 18.8. The summed E-state index contributed by atoms with van der Waals surface area (Å²) in [5.41, 5.74) is 0.695. The van der Waals surface area contributed by atoms with Crippen LogP contribution in [0.25, 0.3) is 0 Å². The Morgan fingerprint density at radius 2 is 1.88 bits per heavy atom. The zero-order chi connectivity index (χ0) is 23.4. The smallest absolute Gasteiger partial charge is 0.228 e. The Morgan fingerprint density at radius 3 is 2.52 bits per heavy atom. The van der Waals surface area contributed by atoms with Gasteiger partial charge in [-0.1, -0.05) is 18.2 Å². The highest BCUT2D eigenvalue weighted by Gasteiger charge is 2.29. The summed E-state index contributed by atoms with van der Waals surface area (Å²) in [4.78, 5) is 18.2. The van der Waals surface area contributed by atoms with Crippen LogP contribution in [0, 0.1) is 5.82 Å². The number of nitrogens with zero attached hydrogens (tertiary/aromatic N) is 3. The molecule has 0 spiro atoms. The number of halogens is 1. The summed E-state index contributed by atoms with van der Waals surface area (Å²) in [6.07, 6.45) is 4.92. The summed E-state index contributed by atoms with van der Waals surface area (Å²) < 4.78 is 53.7. The third-order valence-corrected chi connectivity index (χ3v) is 7.71. The maximum Gasteiger partial charge on any atom is 0.228 e. The number of benzene rings is 1. The molecule has 33 heavy (non-hydrogen) atoms. The Balaban J connectivity index is 1.62. The molecule has 2 aliphatic heterocycles. The molecule has 2 aromatic rings. The summed E-state index contributed by atoms with van der Waals surface area (Å²) in [6.45, 7) is 3.77. The van der Waals surface area contributed by atoms with Crippen LogP contribution in [0.2, 0.25) is 0 Å². The van der Waals surface area contributed by atoms with Gasteiger partial charge in [-0.25, -0.2) is 17.8 Å². The van der Waals surface area contributed by atoms with Crippen LogP contribution in [0.1, 0.15) is 43.9 Å². The second-order valence-corrected chi connectivity index (χ2v) is 10.5. The highest BCUT2D eigenvalue weighted by atomic mass is 32.2. The van der Waals surface area contributed by atoms with Gasteiger partial charge in [0.1, 0.15) is 5.82 Å². The quantitative estimate of drug-likeness (QED) is 0.549. The minimum absolute atomic E-state index is 0.0207. The SMILES string of the molecule is CC(=O)N(Cc1cnc(S(=O)(=O)Cc2ccccc2F)n1C[C@H]1CCCO1)C[C@H]1CCCO1. The predicted molar refractivity (Wildman–Crippen MR) is 119 cm³/mol. The first kappa shape index (κ1) is 23.8. The van der Waals surface area contributed by atoms with E-state index >= 15 is 0 Å². The number of rotatable bonds is 9. The first-order valence-corrected chi connectivity index (χ1v) is 13.0. The standard InChI is InChI=1S/C23H30FN3O5S/c1-17(28)26(14-20-7-4-10-31-20)13-19-12-25-23(27(19)15-21-8-5-11-32-21)33(29,30)16-18-6-2-3-9-22(18)24/h2-3,6,9,12,20-21H,4-5,7-8,10-11,13-16H2,1H3/t20-,21-/m1/s1. The van der Waals surface area contributed by atoms with Crippen molar-refractivity contribution in [3.8, 4) is 0 Å². The lowest BCUT2D eigenvalue weighted by Crippen LogP contribution is -2.36. The highest BCUT2D eigenvalue weighted by Crippen LogP contribution is 2.24. The van der Waals surface area contributed by atoms with E-state index in [9.17, 15) is 17.6 Å². The van der Waals surface area contributed by atoms with E-state index < -0.39 is 21.4 Å². The molecule has 3 heterocycles. The van der Waals surface area contributed by atoms with Gasteiger partial charge in [0, 0.05) is 32.2 Å². The van der Waals surface area contributed by atoms with Gasteiger partial charge in [0.25, 0.3) is 0 Å². The van der Waals surface area contributed by atoms with Crippen LogP contribution >= 0.6 is 0 Å². The summed E-state index contributed by atoms with van der Waals surface area (Å²) >= 11 is 0. The van der Waals surface area contributed by atoms with Crippen molar-refractivity contribution in [2.45, 2.75) is 68.8 Å². The number of aromatic nitrogens is 2. The van der Waals surface area contributed by atoms with Crippen molar-refractivity contribution in [3.05, 3.63) is 47.5 Å². The highest BCUT2D eigenvalue weighted by molar-refractivity contribution is 7.90. The monoisotopic (exact) mass is 479 g/mol. The molecule has 8 nitrogen and oxygen atoms in total. The molecule has 2 saturated heterocycles. The second-order valence-electron chi connectivity index (χ2n) is 8.66. The lowest BCUT2D eigenvalue weighted by atomic mass is 10.2. The van der Waals surface area contributed by atoms with Crippen LogP contribution < -0.4 is 0 Å². The average Bonchev–Trinajstić information content (AvgIpc) is 3.53. The van der Waals surface area contributed by atoms with E-state index in [0.29, 0.717) is 32.0 Å². The van der Waals surface area contributed by atoms with Crippen LogP contribution in [0.3, 0.4) is 0 Å². The summed E-state index contributed by atoms with van der Waals surface area (Å²) in [7, 11) is -3.94. The lowest BCUT2D eigenvalue weighted by Gasteiger charge is -2.25. The van der Waals surface area contributed by atoms with E-state index in [0.717, 1.165) is 25.7 Å². The molecule has 4 rings (SSSR count). The van der Waals surface area contributed by atoms with Gasteiger partial charge in [0.2, 0.25) is 20.9 Å². The van der Waals surface area contributed by atoms with Crippen LogP contribution in [0.5, 0.6) is 0 Å². The molecule has 2 fully saturated rings. The van der Waals surface area contributed by atoms with Crippen molar-refractivity contribution in [2.75, 3.05) is 19.8 Å². The van der Waals surface area contributed by atoms with Gasteiger partial charge < -0.3 is 18.9 Å². The molecular formula is C23H30FN3O5S. The summed E-state index contributed by atoms with van der Waals surface area (Å²) in [5, 5.41) is -0.128. The maximum absolute atomic E-state index is 14.2. The molecule has 0 bridgehead atoms. The Bertz CT molecular complexity index is 1080. The van der Waals surface area contributed by atoms with Gasteiger partial charge in [0.15, 0.2) is 0 Å². The number of ether oxygens (including phenoxy) is 2. The van der Waals surface area contributed by atoms with Gasteiger partial charge in [-0.15, -0.1) is 0 Å². The number of hydrogen-bond donors (Lipinski definition) is 0. The Morgan fingerprint density at radius 1 is 1.18 bits per heavy atom. The molecule has 0 radical (unpaired) electrons. The molecular weight excluding hydrogens is 449 g/mol. The second kappa shape index (κ2) is 10.3. The fraction of sp³-hybridized carbons (Fsp3) is 0.565. The fourth-order valence-electron chi connectivity index (χ4n) is 4.37. The van der Waals surface area contributed by atoms with Crippen LogP contribution in [-0.4, -0.2) is 60.7 Å². The number of amides is 1. The van der Waals surface area contributed by atoms with Crippen molar-refractivity contribution in [1.82, 2.24) is 14.5 Å². The molecule has 0 unspecified atom stereocenters. The van der Waals surface area contributed by atoms with E-state index in [1.807, 2.05) is 0 Å². The largest absolute Gasteiger partial charge is 0.376 e. The van der Waals surface area contributed by atoms with Crippen molar-refractivity contribution in [3.63, 3.8) is 0 Å². The molecule has 0 saturated carbocycles. The molecule has 1 aromatic carbocycles. The zero-order valence-corrected chi connectivity index (χ0v) is 19.6. The Labute approximate surface area is 193 Å². The predicted octanol–water partition coefficient (Wildman–Crippen LogP) is 2.70. The number of carbonyl (C=O) groups is 1. The molecule has 1 amide bonds.